The summed E-state index contributed by atoms with van der Waals surface area (Å²) in [6.07, 6.45) is 0. The van der Waals surface area contributed by atoms with E-state index >= 15 is 0 Å². The molecule has 0 radical (unpaired) electrons. The van der Waals surface area contributed by atoms with Crippen LogP contribution in [0.1, 0.15) is 5.56 Å². The lowest BCUT2D eigenvalue weighted by Crippen LogP contribution is -2.38. The SMILES string of the molecule is CN=C(NCCOc1cccc(F)c1)NCc1cccc(OC)c1. The molecule has 24 heavy (non-hydrogen) atoms. The van der Waals surface area contributed by atoms with Crippen LogP contribution in [-0.4, -0.2) is 33.3 Å². The summed E-state index contributed by atoms with van der Waals surface area (Å²) >= 11 is 0. The van der Waals surface area contributed by atoms with Gasteiger partial charge in [-0.3, -0.25) is 4.99 Å². The van der Waals surface area contributed by atoms with E-state index in [4.69, 9.17) is 9.47 Å². The summed E-state index contributed by atoms with van der Waals surface area (Å²) in [5.74, 6) is 1.69. The Labute approximate surface area is 141 Å². The molecule has 0 bridgehead atoms. The molecule has 0 heterocycles. The van der Waals surface area contributed by atoms with Gasteiger partial charge in [0.15, 0.2) is 5.96 Å². The van der Waals surface area contributed by atoms with E-state index in [-0.39, 0.29) is 5.82 Å². The minimum absolute atomic E-state index is 0.309. The van der Waals surface area contributed by atoms with Gasteiger partial charge in [-0.15, -0.1) is 0 Å². The van der Waals surface area contributed by atoms with Crippen LogP contribution in [0.3, 0.4) is 0 Å². The number of benzene rings is 2. The fraction of sp³-hybridized carbons (Fsp3) is 0.278. The number of halogens is 1. The molecule has 0 aliphatic heterocycles. The third-order valence-electron chi connectivity index (χ3n) is 3.28. The van der Waals surface area contributed by atoms with Crippen molar-refractivity contribution in [2.45, 2.75) is 6.54 Å². The number of ether oxygens (including phenoxy) is 2. The first kappa shape index (κ1) is 17.6. The smallest absolute Gasteiger partial charge is 0.191 e. The lowest BCUT2D eigenvalue weighted by Gasteiger charge is -2.13. The van der Waals surface area contributed by atoms with Crippen molar-refractivity contribution in [3.63, 3.8) is 0 Å². The highest BCUT2D eigenvalue weighted by atomic mass is 19.1. The van der Waals surface area contributed by atoms with Crippen LogP contribution in [0.4, 0.5) is 4.39 Å². The van der Waals surface area contributed by atoms with Crippen LogP contribution in [0.5, 0.6) is 11.5 Å². The number of rotatable bonds is 7. The summed E-state index contributed by atoms with van der Waals surface area (Å²) in [5, 5.41) is 6.35. The van der Waals surface area contributed by atoms with Gasteiger partial charge >= 0.3 is 0 Å². The van der Waals surface area contributed by atoms with Gasteiger partial charge < -0.3 is 20.1 Å². The van der Waals surface area contributed by atoms with Crippen LogP contribution < -0.4 is 20.1 Å². The fourth-order valence-corrected chi connectivity index (χ4v) is 2.08. The Bertz CT molecular complexity index is 677. The van der Waals surface area contributed by atoms with E-state index in [0.29, 0.717) is 31.4 Å². The predicted octanol–water partition coefficient (Wildman–Crippen LogP) is 2.58. The van der Waals surface area contributed by atoms with E-state index < -0.39 is 0 Å². The van der Waals surface area contributed by atoms with Gasteiger partial charge in [0.25, 0.3) is 0 Å². The molecule has 0 saturated carbocycles. The molecule has 0 amide bonds. The second-order valence-electron chi connectivity index (χ2n) is 5.01. The molecule has 2 aromatic carbocycles. The van der Waals surface area contributed by atoms with Gasteiger partial charge in [-0.1, -0.05) is 18.2 Å². The summed E-state index contributed by atoms with van der Waals surface area (Å²) in [5.41, 5.74) is 1.09. The topological polar surface area (TPSA) is 54.9 Å². The fourth-order valence-electron chi connectivity index (χ4n) is 2.08. The molecular formula is C18H22FN3O2. The number of nitrogens with one attached hydrogen (secondary N) is 2. The van der Waals surface area contributed by atoms with Crippen molar-refractivity contribution in [2.75, 3.05) is 27.3 Å². The number of hydrogen-bond donors (Lipinski definition) is 2. The van der Waals surface area contributed by atoms with Gasteiger partial charge in [0.2, 0.25) is 0 Å². The van der Waals surface area contributed by atoms with Crippen molar-refractivity contribution in [3.8, 4) is 11.5 Å². The Kier molecular flexibility index (Phi) is 6.89. The Morgan fingerprint density at radius 2 is 1.88 bits per heavy atom. The minimum Gasteiger partial charge on any atom is -0.497 e. The van der Waals surface area contributed by atoms with Gasteiger partial charge in [0.05, 0.1) is 13.7 Å². The lowest BCUT2D eigenvalue weighted by atomic mass is 10.2. The molecule has 6 heteroatoms. The highest BCUT2D eigenvalue weighted by molar-refractivity contribution is 5.79. The van der Waals surface area contributed by atoms with Crippen LogP contribution in [0.25, 0.3) is 0 Å². The van der Waals surface area contributed by atoms with Crippen molar-refractivity contribution in [1.29, 1.82) is 0 Å². The average Bonchev–Trinajstić information content (AvgIpc) is 2.61. The van der Waals surface area contributed by atoms with Crippen LogP contribution in [-0.2, 0) is 6.54 Å². The first-order valence-corrected chi connectivity index (χ1v) is 7.67. The molecule has 0 unspecified atom stereocenters. The predicted molar refractivity (Wildman–Crippen MR) is 93.1 cm³/mol. The van der Waals surface area contributed by atoms with Gasteiger partial charge in [-0.2, -0.15) is 0 Å². The van der Waals surface area contributed by atoms with Crippen molar-refractivity contribution >= 4 is 5.96 Å². The Morgan fingerprint density at radius 1 is 1.08 bits per heavy atom. The number of guanidine groups is 1. The van der Waals surface area contributed by atoms with Crippen LogP contribution >= 0.6 is 0 Å². The minimum atomic E-state index is -0.309. The van der Waals surface area contributed by atoms with Gasteiger partial charge in [-0.25, -0.2) is 4.39 Å². The van der Waals surface area contributed by atoms with Crippen molar-refractivity contribution in [1.82, 2.24) is 10.6 Å². The van der Waals surface area contributed by atoms with Gasteiger partial charge in [-0.05, 0) is 29.8 Å². The van der Waals surface area contributed by atoms with E-state index in [1.165, 1.54) is 12.1 Å². The largest absolute Gasteiger partial charge is 0.497 e. The normalized spacial score (nSPS) is 11.0. The van der Waals surface area contributed by atoms with Crippen molar-refractivity contribution in [3.05, 3.63) is 59.9 Å². The highest BCUT2D eigenvalue weighted by Gasteiger charge is 2.00. The van der Waals surface area contributed by atoms with Gasteiger partial charge in [0, 0.05) is 19.7 Å². The molecule has 0 aliphatic carbocycles. The monoisotopic (exact) mass is 331 g/mol. The summed E-state index contributed by atoms with van der Waals surface area (Å²) in [6.45, 7) is 1.58. The first-order chi connectivity index (χ1) is 11.7. The van der Waals surface area contributed by atoms with E-state index in [2.05, 4.69) is 15.6 Å². The second-order valence-corrected chi connectivity index (χ2v) is 5.01. The summed E-state index contributed by atoms with van der Waals surface area (Å²) in [6, 6.07) is 13.9. The van der Waals surface area contributed by atoms with Gasteiger partial charge in [0.1, 0.15) is 23.9 Å². The molecule has 2 rings (SSSR count). The average molecular weight is 331 g/mol. The molecular weight excluding hydrogens is 309 g/mol. The lowest BCUT2D eigenvalue weighted by molar-refractivity contribution is 0.320. The molecule has 0 atom stereocenters. The van der Waals surface area contributed by atoms with E-state index in [0.717, 1.165) is 11.3 Å². The standard InChI is InChI=1S/C18H22FN3O2/c1-20-18(22-13-14-5-3-7-16(11-14)23-2)21-9-10-24-17-8-4-6-15(19)12-17/h3-8,11-12H,9-10,13H2,1-2H3,(H2,20,21,22). The zero-order valence-corrected chi connectivity index (χ0v) is 13.9. The zero-order valence-electron chi connectivity index (χ0n) is 13.9. The molecule has 0 aliphatic rings. The maximum Gasteiger partial charge on any atom is 0.191 e. The second kappa shape index (κ2) is 9.39. The van der Waals surface area contributed by atoms with E-state index in [9.17, 15) is 4.39 Å². The van der Waals surface area contributed by atoms with Crippen molar-refractivity contribution < 1.29 is 13.9 Å². The third kappa shape index (κ3) is 5.79. The van der Waals surface area contributed by atoms with Crippen LogP contribution in [0, 0.1) is 5.82 Å². The molecule has 2 N–H and O–H groups in total. The number of nitrogens with zero attached hydrogens (tertiary/aromatic N) is 1. The molecule has 2 aromatic rings. The van der Waals surface area contributed by atoms with Crippen LogP contribution in [0.2, 0.25) is 0 Å². The Hall–Kier alpha value is -2.76. The maximum absolute atomic E-state index is 13.0. The Balaban J connectivity index is 1.72. The number of aliphatic imine (C=N–C) groups is 1. The third-order valence-corrected chi connectivity index (χ3v) is 3.28. The number of hydrogen-bond acceptors (Lipinski definition) is 3. The number of methoxy groups -OCH3 is 1. The zero-order chi connectivity index (χ0) is 17.2. The first-order valence-electron chi connectivity index (χ1n) is 7.67. The molecule has 5 nitrogen and oxygen atoms in total. The molecule has 0 saturated heterocycles. The molecule has 0 aromatic heterocycles. The highest BCUT2D eigenvalue weighted by Crippen LogP contribution is 2.12. The summed E-state index contributed by atoms with van der Waals surface area (Å²) in [7, 11) is 3.35. The van der Waals surface area contributed by atoms with E-state index in [1.807, 2.05) is 24.3 Å². The Morgan fingerprint density at radius 3 is 2.62 bits per heavy atom. The van der Waals surface area contributed by atoms with Crippen LogP contribution in [0.15, 0.2) is 53.5 Å². The summed E-state index contributed by atoms with van der Waals surface area (Å²) in [4.78, 5) is 4.15. The molecule has 0 spiro atoms. The molecule has 128 valence electrons. The molecule has 0 fully saturated rings. The quantitative estimate of drug-likeness (QED) is 0.465. The van der Waals surface area contributed by atoms with E-state index in [1.54, 1.807) is 26.3 Å². The van der Waals surface area contributed by atoms with Crippen molar-refractivity contribution in [2.24, 2.45) is 4.99 Å². The maximum atomic E-state index is 13.0. The summed E-state index contributed by atoms with van der Waals surface area (Å²) < 4.78 is 23.7.